The summed E-state index contributed by atoms with van der Waals surface area (Å²) in [4.78, 5) is 16.1. The van der Waals surface area contributed by atoms with Crippen molar-refractivity contribution >= 4 is 5.91 Å². The zero-order chi connectivity index (χ0) is 14.3. The fourth-order valence-corrected chi connectivity index (χ4v) is 2.32. The van der Waals surface area contributed by atoms with Gasteiger partial charge in [0.05, 0.1) is 18.2 Å². The van der Waals surface area contributed by atoms with E-state index in [0.29, 0.717) is 6.42 Å². The van der Waals surface area contributed by atoms with Crippen molar-refractivity contribution < 1.29 is 9.53 Å². The fraction of sp³-hybridized carbons (Fsp3) is 0.857. The predicted molar refractivity (Wildman–Crippen MR) is 73.6 cm³/mol. The van der Waals surface area contributed by atoms with Crippen molar-refractivity contribution in [2.75, 3.05) is 33.3 Å². The molecule has 108 valence electrons. The summed E-state index contributed by atoms with van der Waals surface area (Å²) in [6, 6.07) is 2.31. The van der Waals surface area contributed by atoms with Crippen molar-refractivity contribution in [1.82, 2.24) is 9.80 Å². The Morgan fingerprint density at radius 3 is 2.47 bits per heavy atom. The quantitative estimate of drug-likeness (QED) is 0.726. The molecule has 0 aromatic carbocycles. The van der Waals surface area contributed by atoms with Crippen molar-refractivity contribution in [1.29, 1.82) is 5.26 Å². The number of hydrogen-bond acceptors (Lipinski definition) is 4. The summed E-state index contributed by atoms with van der Waals surface area (Å²) in [6.07, 6.45) is 2.29. The number of hydrogen-bond donors (Lipinski definition) is 0. The van der Waals surface area contributed by atoms with Crippen LogP contribution in [0.15, 0.2) is 0 Å². The molecule has 0 aromatic rings. The van der Waals surface area contributed by atoms with Crippen molar-refractivity contribution in [2.45, 2.75) is 45.3 Å². The maximum atomic E-state index is 12.0. The maximum absolute atomic E-state index is 12.0. The number of piperazine rings is 1. The van der Waals surface area contributed by atoms with E-state index < -0.39 is 0 Å². The van der Waals surface area contributed by atoms with Gasteiger partial charge >= 0.3 is 0 Å². The van der Waals surface area contributed by atoms with E-state index >= 15 is 0 Å². The van der Waals surface area contributed by atoms with Crippen molar-refractivity contribution in [2.24, 2.45) is 0 Å². The molecular weight excluding hydrogens is 242 g/mol. The van der Waals surface area contributed by atoms with Gasteiger partial charge in [0.2, 0.25) is 5.91 Å². The van der Waals surface area contributed by atoms with E-state index in [2.05, 4.69) is 11.0 Å². The Bertz CT molecular complexity index is 319. The van der Waals surface area contributed by atoms with E-state index in [-0.39, 0.29) is 18.1 Å². The van der Waals surface area contributed by atoms with Crippen molar-refractivity contribution in [3.8, 4) is 6.07 Å². The van der Waals surface area contributed by atoms with Crippen LogP contribution in [0.2, 0.25) is 0 Å². The molecule has 1 amide bonds. The van der Waals surface area contributed by atoms with Gasteiger partial charge in [0.1, 0.15) is 0 Å². The van der Waals surface area contributed by atoms with E-state index in [4.69, 9.17) is 10.00 Å². The van der Waals surface area contributed by atoms with E-state index in [0.717, 1.165) is 39.0 Å². The van der Waals surface area contributed by atoms with Gasteiger partial charge in [0, 0.05) is 39.7 Å². The van der Waals surface area contributed by atoms with Crippen molar-refractivity contribution in [3.05, 3.63) is 0 Å². The summed E-state index contributed by atoms with van der Waals surface area (Å²) >= 11 is 0. The normalized spacial score (nSPS) is 19.8. The lowest BCUT2D eigenvalue weighted by molar-refractivity contribution is -0.133. The molecule has 1 rings (SSSR count). The van der Waals surface area contributed by atoms with E-state index in [9.17, 15) is 4.79 Å². The first kappa shape index (κ1) is 15.9. The van der Waals surface area contributed by atoms with Gasteiger partial charge in [-0.2, -0.15) is 5.26 Å². The minimum atomic E-state index is -0.00855. The Kier molecular flexibility index (Phi) is 6.82. The highest BCUT2D eigenvalue weighted by Gasteiger charge is 2.24. The molecule has 2 unspecified atom stereocenters. The van der Waals surface area contributed by atoms with Crippen LogP contribution in [0.5, 0.6) is 0 Å². The highest BCUT2D eigenvalue weighted by molar-refractivity contribution is 5.76. The number of methoxy groups -OCH3 is 1. The minimum absolute atomic E-state index is 0.00855. The number of nitrogens with zero attached hydrogens (tertiary/aromatic N) is 3. The van der Waals surface area contributed by atoms with Gasteiger partial charge in [-0.25, -0.2) is 0 Å². The minimum Gasteiger partial charge on any atom is -0.382 e. The first-order valence-corrected chi connectivity index (χ1v) is 7.06. The number of nitriles is 1. The van der Waals surface area contributed by atoms with Gasteiger partial charge in [-0.1, -0.05) is 6.92 Å². The molecule has 5 nitrogen and oxygen atoms in total. The monoisotopic (exact) mass is 267 g/mol. The van der Waals surface area contributed by atoms with Crippen LogP contribution in [-0.4, -0.2) is 61.1 Å². The maximum Gasteiger partial charge on any atom is 0.222 e. The summed E-state index contributed by atoms with van der Waals surface area (Å²) in [6.45, 7) is 7.08. The van der Waals surface area contributed by atoms with Gasteiger partial charge in [0.15, 0.2) is 0 Å². The van der Waals surface area contributed by atoms with Gasteiger partial charge in [-0.15, -0.1) is 0 Å². The first-order valence-electron chi connectivity index (χ1n) is 7.06. The first-order chi connectivity index (χ1) is 9.12. The second kappa shape index (κ2) is 8.13. The summed E-state index contributed by atoms with van der Waals surface area (Å²) in [5, 5.41) is 9.04. The zero-order valence-corrected chi connectivity index (χ0v) is 12.3. The second-order valence-corrected chi connectivity index (χ2v) is 5.05. The number of amides is 1. The largest absolute Gasteiger partial charge is 0.382 e. The van der Waals surface area contributed by atoms with E-state index in [1.165, 1.54) is 0 Å². The Balaban J connectivity index is 2.33. The number of ether oxygens (including phenoxy) is 1. The second-order valence-electron chi connectivity index (χ2n) is 5.05. The van der Waals surface area contributed by atoms with Crippen LogP contribution in [0.4, 0.5) is 0 Å². The lowest BCUT2D eigenvalue weighted by atomic mass is 10.1. The number of rotatable bonds is 6. The topological polar surface area (TPSA) is 56.6 Å². The summed E-state index contributed by atoms with van der Waals surface area (Å²) in [5.74, 6) is 0.202. The lowest BCUT2D eigenvalue weighted by Crippen LogP contribution is -2.51. The van der Waals surface area contributed by atoms with Crippen LogP contribution in [0, 0.1) is 11.3 Å². The van der Waals surface area contributed by atoms with Gasteiger partial charge < -0.3 is 9.64 Å². The molecule has 0 saturated carbocycles. The molecule has 5 heteroatoms. The summed E-state index contributed by atoms with van der Waals surface area (Å²) < 4.78 is 5.15. The van der Waals surface area contributed by atoms with Crippen LogP contribution < -0.4 is 0 Å². The molecule has 1 fully saturated rings. The molecule has 1 aliphatic rings. The Labute approximate surface area is 116 Å². The van der Waals surface area contributed by atoms with Crippen LogP contribution in [0.25, 0.3) is 0 Å². The molecule has 0 radical (unpaired) electrons. The Hall–Kier alpha value is -1.12. The number of carbonyl (C=O) groups is 1. The smallest absolute Gasteiger partial charge is 0.222 e. The molecule has 0 spiro atoms. The molecule has 0 bridgehead atoms. The van der Waals surface area contributed by atoms with Crippen LogP contribution in [-0.2, 0) is 9.53 Å². The lowest BCUT2D eigenvalue weighted by Gasteiger charge is -2.36. The van der Waals surface area contributed by atoms with Gasteiger partial charge in [0.25, 0.3) is 0 Å². The highest BCUT2D eigenvalue weighted by Crippen LogP contribution is 2.11. The SMILES string of the molecule is CCC(C#N)N1CCN(C(=O)CCC(C)OC)CC1. The summed E-state index contributed by atoms with van der Waals surface area (Å²) in [5.41, 5.74) is 0. The Morgan fingerprint density at radius 1 is 1.37 bits per heavy atom. The molecule has 2 atom stereocenters. The standard InChI is InChI=1S/C14H25N3O2/c1-4-13(11-15)16-7-9-17(10-8-16)14(18)6-5-12(2)19-3/h12-13H,4-10H2,1-3H3. The molecular formula is C14H25N3O2. The van der Waals surface area contributed by atoms with E-state index in [1.54, 1.807) is 7.11 Å². The molecule has 0 aliphatic carbocycles. The summed E-state index contributed by atoms with van der Waals surface area (Å²) in [7, 11) is 1.67. The number of carbonyl (C=O) groups excluding carboxylic acids is 1. The molecule has 1 heterocycles. The third-order valence-corrected chi connectivity index (χ3v) is 3.81. The molecule has 0 N–H and O–H groups in total. The fourth-order valence-electron chi connectivity index (χ4n) is 2.32. The zero-order valence-electron chi connectivity index (χ0n) is 12.3. The third kappa shape index (κ3) is 4.81. The van der Waals surface area contributed by atoms with Gasteiger partial charge in [-0.3, -0.25) is 9.69 Å². The average Bonchev–Trinajstić information content (AvgIpc) is 2.46. The molecule has 1 aliphatic heterocycles. The highest BCUT2D eigenvalue weighted by atomic mass is 16.5. The molecule has 1 saturated heterocycles. The van der Waals surface area contributed by atoms with Crippen LogP contribution in [0.1, 0.15) is 33.1 Å². The van der Waals surface area contributed by atoms with Crippen LogP contribution in [0.3, 0.4) is 0 Å². The Morgan fingerprint density at radius 2 is 2.00 bits per heavy atom. The van der Waals surface area contributed by atoms with Crippen LogP contribution >= 0.6 is 0 Å². The average molecular weight is 267 g/mol. The predicted octanol–water partition coefficient (Wildman–Crippen LogP) is 1.25. The van der Waals surface area contributed by atoms with Crippen molar-refractivity contribution in [3.63, 3.8) is 0 Å². The van der Waals surface area contributed by atoms with Gasteiger partial charge in [-0.05, 0) is 19.8 Å². The third-order valence-electron chi connectivity index (χ3n) is 3.81. The van der Waals surface area contributed by atoms with E-state index in [1.807, 2.05) is 18.7 Å². The molecule has 0 aromatic heterocycles. The molecule has 19 heavy (non-hydrogen) atoms.